The maximum Gasteiger partial charge on any atom is 0.341 e. The number of aromatic nitrogens is 1. The van der Waals surface area contributed by atoms with Crippen LogP contribution >= 0.6 is 0 Å². The average molecular weight is 155 g/mol. The van der Waals surface area contributed by atoms with E-state index in [0.29, 0.717) is 6.29 Å². The minimum absolute atomic E-state index is 0.167. The summed E-state index contributed by atoms with van der Waals surface area (Å²) in [6, 6.07) is 0. The van der Waals surface area contributed by atoms with Crippen molar-refractivity contribution >= 4 is 12.3 Å². The summed E-state index contributed by atoms with van der Waals surface area (Å²) in [6.45, 7) is 1.46. The Balaban J connectivity index is 3.28. The minimum Gasteiger partial charge on any atom is -0.477 e. The molecule has 11 heavy (non-hydrogen) atoms. The second-order valence-corrected chi connectivity index (χ2v) is 1.93. The van der Waals surface area contributed by atoms with E-state index in [0.717, 1.165) is 0 Å². The molecule has 0 bridgehead atoms. The largest absolute Gasteiger partial charge is 0.477 e. The van der Waals surface area contributed by atoms with E-state index < -0.39 is 5.97 Å². The Morgan fingerprint density at radius 1 is 1.73 bits per heavy atom. The molecule has 5 nitrogen and oxygen atoms in total. The number of hydrogen-bond acceptors (Lipinski definition) is 4. The monoisotopic (exact) mass is 155 g/mol. The molecule has 58 valence electrons. The van der Waals surface area contributed by atoms with Crippen LogP contribution in [0.5, 0.6) is 0 Å². The van der Waals surface area contributed by atoms with E-state index in [1.54, 1.807) is 0 Å². The van der Waals surface area contributed by atoms with Crippen LogP contribution in [0.25, 0.3) is 0 Å². The third-order valence-electron chi connectivity index (χ3n) is 1.21. The predicted molar refractivity (Wildman–Crippen MR) is 33.6 cm³/mol. The molecule has 0 aromatic carbocycles. The molecule has 0 atom stereocenters. The third kappa shape index (κ3) is 1.12. The van der Waals surface area contributed by atoms with E-state index in [1.165, 1.54) is 6.92 Å². The van der Waals surface area contributed by atoms with Crippen molar-refractivity contribution in [2.75, 3.05) is 0 Å². The highest BCUT2D eigenvalue weighted by Gasteiger charge is 2.18. The van der Waals surface area contributed by atoms with Crippen LogP contribution in [-0.2, 0) is 0 Å². The van der Waals surface area contributed by atoms with Crippen LogP contribution in [0.3, 0.4) is 0 Å². The topological polar surface area (TPSA) is 80.4 Å². The fourth-order valence-electron chi connectivity index (χ4n) is 0.728. The lowest BCUT2D eigenvalue weighted by atomic mass is 10.2. The molecule has 0 saturated carbocycles. The van der Waals surface area contributed by atoms with Crippen LogP contribution in [0.15, 0.2) is 4.52 Å². The molecule has 0 aliphatic carbocycles. The van der Waals surface area contributed by atoms with Gasteiger partial charge in [-0.05, 0) is 6.92 Å². The molecule has 0 fully saturated rings. The molecular formula is C6H5NO4. The molecule has 1 N–H and O–H groups in total. The molecule has 1 aromatic heterocycles. The van der Waals surface area contributed by atoms with Crippen LogP contribution in [-0.4, -0.2) is 22.5 Å². The highest BCUT2D eigenvalue weighted by Crippen LogP contribution is 2.10. The Morgan fingerprint density at radius 3 is 2.73 bits per heavy atom. The molecule has 0 radical (unpaired) electrons. The van der Waals surface area contributed by atoms with Gasteiger partial charge in [0.15, 0.2) is 6.29 Å². The molecule has 0 amide bonds. The molecule has 0 unspecified atom stereocenters. The summed E-state index contributed by atoms with van der Waals surface area (Å²) in [6.07, 6.45) is 0.323. The van der Waals surface area contributed by atoms with Gasteiger partial charge in [0.1, 0.15) is 5.56 Å². The number of aryl methyl sites for hydroxylation is 1. The van der Waals surface area contributed by atoms with Crippen molar-refractivity contribution in [3.05, 3.63) is 17.0 Å². The summed E-state index contributed by atoms with van der Waals surface area (Å²) >= 11 is 0. The Labute approximate surface area is 61.6 Å². The summed E-state index contributed by atoms with van der Waals surface area (Å²) in [5, 5.41) is 11.8. The fourth-order valence-corrected chi connectivity index (χ4v) is 0.728. The number of aromatic carboxylic acids is 1. The number of nitrogens with zero attached hydrogens (tertiary/aromatic N) is 1. The highest BCUT2D eigenvalue weighted by molar-refractivity contribution is 5.96. The van der Waals surface area contributed by atoms with E-state index >= 15 is 0 Å². The van der Waals surface area contributed by atoms with Crippen molar-refractivity contribution in [2.45, 2.75) is 6.92 Å². The van der Waals surface area contributed by atoms with Crippen molar-refractivity contribution in [3.63, 3.8) is 0 Å². The zero-order valence-electron chi connectivity index (χ0n) is 5.70. The first-order valence-electron chi connectivity index (χ1n) is 2.81. The lowest BCUT2D eigenvalue weighted by Crippen LogP contribution is -2.00. The number of carbonyl (C=O) groups is 2. The maximum absolute atomic E-state index is 10.4. The Hall–Kier alpha value is -1.65. The molecule has 5 heteroatoms. The minimum atomic E-state index is -1.20. The van der Waals surface area contributed by atoms with Crippen molar-refractivity contribution in [1.29, 1.82) is 0 Å². The Bertz CT molecular complexity index is 302. The molecule has 0 aliphatic heterocycles. The van der Waals surface area contributed by atoms with Gasteiger partial charge in [-0.2, -0.15) is 0 Å². The third-order valence-corrected chi connectivity index (χ3v) is 1.21. The van der Waals surface area contributed by atoms with E-state index in [-0.39, 0.29) is 17.0 Å². The van der Waals surface area contributed by atoms with Gasteiger partial charge in [-0.25, -0.2) is 4.79 Å². The number of carbonyl (C=O) groups excluding carboxylic acids is 1. The first-order chi connectivity index (χ1) is 5.16. The van der Waals surface area contributed by atoms with Crippen molar-refractivity contribution in [3.8, 4) is 0 Å². The Morgan fingerprint density at radius 2 is 2.36 bits per heavy atom. The SMILES string of the molecule is Cc1noc(C=O)c1C(=O)O. The van der Waals surface area contributed by atoms with Gasteiger partial charge in [-0.1, -0.05) is 5.16 Å². The number of carboxylic acid groups (broad SMARTS) is 1. The standard InChI is InChI=1S/C6H5NO4/c1-3-5(6(9)10)4(2-8)11-7-3/h2H,1H3,(H,9,10). The van der Waals surface area contributed by atoms with E-state index in [2.05, 4.69) is 9.68 Å². The lowest BCUT2D eigenvalue weighted by molar-refractivity contribution is 0.0691. The van der Waals surface area contributed by atoms with Crippen molar-refractivity contribution < 1.29 is 19.2 Å². The number of rotatable bonds is 2. The molecular weight excluding hydrogens is 150 g/mol. The molecule has 1 rings (SSSR count). The van der Waals surface area contributed by atoms with Gasteiger partial charge in [-0.3, -0.25) is 4.79 Å². The number of aldehydes is 1. The van der Waals surface area contributed by atoms with Crippen LogP contribution in [0, 0.1) is 6.92 Å². The van der Waals surface area contributed by atoms with Gasteiger partial charge in [0.2, 0.25) is 5.76 Å². The van der Waals surface area contributed by atoms with E-state index in [9.17, 15) is 9.59 Å². The predicted octanol–water partition coefficient (Wildman–Crippen LogP) is 0.494. The van der Waals surface area contributed by atoms with Crippen LogP contribution in [0.1, 0.15) is 26.6 Å². The normalized spacial score (nSPS) is 9.55. The number of hydrogen-bond donors (Lipinski definition) is 1. The second-order valence-electron chi connectivity index (χ2n) is 1.93. The van der Waals surface area contributed by atoms with Gasteiger partial charge in [0.25, 0.3) is 0 Å². The first kappa shape index (κ1) is 7.46. The van der Waals surface area contributed by atoms with Crippen LogP contribution in [0.4, 0.5) is 0 Å². The molecule has 0 spiro atoms. The van der Waals surface area contributed by atoms with Gasteiger partial charge >= 0.3 is 5.97 Å². The Kier molecular flexibility index (Phi) is 1.72. The highest BCUT2D eigenvalue weighted by atomic mass is 16.5. The van der Waals surface area contributed by atoms with Gasteiger partial charge in [0, 0.05) is 0 Å². The van der Waals surface area contributed by atoms with Crippen molar-refractivity contribution in [2.24, 2.45) is 0 Å². The maximum atomic E-state index is 10.4. The average Bonchev–Trinajstić information content (AvgIpc) is 2.30. The quantitative estimate of drug-likeness (QED) is 0.628. The first-order valence-corrected chi connectivity index (χ1v) is 2.81. The van der Waals surface area contributed by atoms with Crippen LogP contribution < -0.4 is 0 Å². The van der Waals surface area contributed by atoms with E-state index in [1.807, 2.05) is 0 Å². The van der Waals surface area contributed by atoms with E-state index in [4.69, 9.17) is 5.11 Å². The van der Waals surface area contributed by atoms with Gasteiger partial charge in [-0.15, -0.1) is 0 Å². The molecule has 1 aromatic rings. The summed E-state index contributed by atoms with van der Waals surface area (Å²) in [5.41, 5.74) is 0.0413. The van der Waals surface area contributed by atoms with Gasteiger partial charge < -0.3 is 9.63 Å². The second kappa shape index (κ2) is 2.53. The summed E-state index contributed by atoms with van der Waals surface area (Å²) < 4.78 is 4.41. The van der Waals surface area contributed by atoms with Gasteiger partial charge in [0.05, 0.1) is 5.69 Å². The van der Waals surface area contributed by atoms with Crippen molar-refractivity contribution in [1.82, 2.24) is 5.16 Å². The lowest BCUT2D eigenvalue weighted by Gasteiger charge is -1.86. The number of carboxylic acids is 1. The zero-order chi connectivity index (χ0) is 8.43. The molecule has 1 heterocycles. The zero-order valence-corrected chi connectivity index (χ0v) is 5.70. The van der Waals surface area contributed by atoms with Crippen LogP contribution in [0.2, 0.25) is 0 Å². The fraction of sp³-hybridized carbons (Fsp3) is 0.167. The molecule has 0 aliphatic rings. The smallest absolute Gasteiger partial charge is 0.341 e. The summed E-state index contributed by atoms with van der Waals surface area (Å²) in [5.74, 6) is -1.44. The summed E-state index contributed by atoms with van der Waals surface area (Å²) in [4.78, 5) is 20.6. The summed E-state index contributed by atoms with van der Waals surface area (Å²) in [7, 11) is 0. The molecule has 0 saturated heterocycles.